The summed E-state index contributed by atoms with van der Waals surface area (Å²) < 4.78 is 13.9. The molecule has 0 saturated carbocycles. The summed E-state index contributed by atoms with van der Waals surface area (Å²) in [6.45, 7) is 5.46. The van der Waals surface area contributed by atoms with E-state index in [9.17, 15) is 4.39 Å². The van der Waals surface area contributed by atoms with Crippen LogP contribution in [0.5, 0.6) is 0 Å². The van der Waals surface area contributed by atoms with Crippen LogP contribution in [0.1, 0.15) is 24.8 Å². The maximum Gasteiger partial charge on any atom is 0.124 e. The largest absolute Gasteiger partial charge is 0.299 e. The Labute approximate surface area is 130 Å². The molecule has 2 saturated heterocycles. The first-order valence-electron chi connectivity index (χ1n) is 8.29. The van der Waals surface area contributed by atoms with E-state index >= 15 is 0 Å². The number of hydrogen-bond donors (Lipinski definition) is 0. The van der Waals surface area contributed by atoms with Crippen molar-refractivity contribution >= 4 is 10.9 Å². The standard InChI is InChI=1S/C18H22FN3/c19-16-10-14-4-1-6-20-18(14)15(11-16)12-21-7-3-9-22-8-2-5-17(22)13-21/h1,4,6,10-11,17H,2-3,5,7-9,12-13H2. The second-order valence-corrected chi connectivity index (χ2v) is 6.56. The second kappa shape index (κ2) is 5.94. The van der Waals surface area contributed by atoms with Gasteiger partial charge in [0.1, 0.15) is 5.82 Å². The van der Waals surface area contributed by atoms with Crippen molar-refractivity contribution in [2.24, 2.45) is 0 Å². The molecule has 0 aliphatic carbocycles. The van der Waals surface area contributed by atoms with E-state index in [2.05, 4.69) is 14.8 Å². The van der Waals surface area contributed by atoms with E-state index in [0.29, 0.717) is 6.04 Å². The van der Waals surface area contributed by atoms with Crippen LogP contribution < -0.4 is 0 Å². The lowest BCUT2D eigenvalue weighted by Gasteiger charge is -2.25. The highest BCUT2D eigenvalue weighted by atomic mass is 19.1. The molecule has 1 atom stereocenters. The Bertz CT molecular complexity index is 672. The molecule has 2 aliphatic heterocycles. The third kappa shape index (κ3) is 2.73. The van der Waals surface area contributed by atoms with Gasteiger partial charge in [0.05, 0.1) is 5.52 Å². The lowest BCUT2D eigenvalue weighted by Crippen LogP contribution is -2.36. The first-order valence-corrected chi connectivity index (χ1v) is 8.29. The fourth-order valence-corrected chi connectivity index (χ4v) is 4.02. The van der Waals surface area contributed by atoms with E-state index in [1.54, 1.807) is 18.3 Å². The lowest BCUT2D eigenvalue weighted by atomic mass is 10.1. The van der Waals surface area contributed by atoms with Gasteiger partial charge in [-0.1, -0.05) is 6.07 Å². The molecule has 2 aliphatic rings. The summed E-state index contributed by atoms with van der Waals surface area (Å²) in [5.41, 5.74) is 1.96. The summed E-state index contributed by atoms with van der Waals surface area (Å²) in [7, 11) is 0. The van der Waals surface area contributed by atoms with E-state index < -0.39 is 0 Å². The average molecular weight is 299 g/mol. The highest BCUT2D eigenvalue weighted by Crippen LogP contribution is 2.24. The van der Waals surface area contributed by atoms with Crippen molar-refractivity contribution in [3.05, 3.63) is 41.8 Å². The molecule has 4 heteroatoms. The van der Waals surface area contributed by atoms with Crippen LogP contribution in [0.3, 0.4) is 0 Å². The van der Waals surface area contributed by atoms with Crippen molar-refractivity contribution in [3.8, 4) is 0 Å². The molecule has 2 aromatic rings. The third-order valence-electron chi connectivity index (χ3n) is 5.03. The molecule has 1 aromatic heterocycles. The van der Waals surface area contributed by atoms with Gasteiger partial charge in [-0.3, -0.25) is 14.8 Å². The monoisotopic (exact) mass is 299 g/mol. The molecular formula is C18H22FN3. The number of aromatic nitrogens is 1. The summed E-state index contributed by atoms with van der Waals surface area (Å²) in [4.78, 5) is 9.59. The highest BCUT2D eigenvalue weighted by molar-refractivity contribution is 5.81. The van der Waals surface area contributed by atoms with Crippen LogP contribution >= 0.6 is 0 Å². The number of hydrogen-bond acceptors (Lipinski definition) is 3. The van der Waals surface area contributed by atoms with E-state index in [0.717, 1.165) is 36.1 Å². The number of nitrogens with zero attached hydrogens (tertiary/aromatic N) is 3. The quantitative estimate of drug-likeness (QED) is 0.849. The molecule has 0 radical (unpaired) electrons. The predicted molar refractivity (Wildman–Crippen MR) is 86.2 cm³/mol. The molecule has 3 heterocycles. The zero-order chi connectivity index (χ0) is 14.9. The lowest BCUT2D eigenvalue weighted by molar-refractivity contribution is 0.216. The number of rotatable bonds is 2. The zero-order valence-electron chi connectivity index (χ0n) is 12.8. The van der Waals surface area contributed by atoms with Gasteiger partial charge in [-0.25, -0.2) is 4.39 Å². The van der Waals surface area contributed by atoms with Crippen molar-refractivity contribution < 1.29 is 4.39 Å². The first kappa shape index (κ1) is 14.1. The van der Waals surface area contributed by atoms with Crippen molar-refractivity contribution in [3.63, 3.8) is 0 Å². The Morgan fingerprint density at radius 1 is 1.18 bits per heavy atom. The van der Waals surface area contributed by atoms with E-state index in [4.69, 9.17) is 0 Å². The number of halogens is 1. The molecule has 1 unspecified atom stereocenters. The molecule has 2 fully saturated rings. The summed E-state index contributed by atoms with van der Waals surface area (Å²) in [5.74, 6) is -0.159. The summed E-state index contributed by atoms with van der Waals surface area (Å²) in [6.07, 6.45) is 5.63. The van der Waals surface area contributed by atoms with Crippen LogP contribution in [-0.2, 0) is 6.54 Å². The van der Waals surface area contributed by atoms with Crippen LogP contribution in [0.15, 0.2) is 30.5 Å². The summed E-state index contributed by atoms with van der Waals surface area (Å²) >= 11 is 0. The van der Waals surface area contributed by atoms with Crippen molar-refractivity contribution in [1.29, 1.82) is 0 Å². The Balaban J connectivity index is 1.60. The maximum absolute atomic E-state index is 13.9. The normalized spacial score (nSPS) is 23.6. The maximum atomic E-state index is 13.9. The van der Waals surface area contributed by atoms with Crippen LogP contribution in [0, 0.1) is 5.82 Å². The van der Waals surface area contributed by atoms with Gasteiger partial charge in [0.15, 0.2) is 0 Å². The predicted octanol–water partition coefficient (Wildman–Crippen LogP) is 3.04. The molecule has 1 aromatic carbocycles. The summed E-state index contributed by atoms with van der Waals surface area (Å²) in [5, 5.41) is 0.898. The zero-order valence-corrected chi connectivity index (χ0v) is 12.8. The molecular weight excluding hydrogens is 277 g/mol. The van der Waals surface area contributed by atoms with E-state index in [1.807, 2.05) is 12.1 Å². The molecule has 3 nitrogen and oxygen atoms in total. The van der Waals surface area contributed by atoms with Gasteiger partial charge in [-0.15, -0.1) is 0 Å². The van der Waals surface area contributed by atoms with Gasteiger partial charge in [-0.05, 0) is 62.7 Å². The fourth-order valence-electron chi connectivity index (χ4n) is 4.02. The minimum Gasteiger partial charge on any atom is -0.299 e. The van der Waals surface area contributed by atoms with Gasteiger partial charge < -0.3 is 0 Å². The van der Waals surface area contributed by atoms with Gasteiger partial charge in [0.2, 0.25) is 0 Å². The molecule has 4 rings (SSSR count). The molecule has 0 spiro atoms. The Morgan fingerprint density at radius 3 is 3.05 bits per heavy atom. The van der Waals surface area contributed by atoms with Gasteiger partial charge in [0, 0.05) is 30.7 Å². The second-order valence-electron chi connectivity index (χ2n) is 6.56. The van der Waals surface area contributed by atoms with Gasteiger partial charge in [-0.2, -0.15) is 0 Å². The van der Waals surface area contributed by atoms with E-state index in [1.165, 1.54) is 32.4 Å². The van der Waals surface area contributed by atoms with Crippen LogP contribution in [-0.4, -0.2) is 47.0 Å². The number of fused-ring (bicyclic) bond motifs is 2. The molecule has 0 N–H and O–H groups in total. The third-order valence-corrected chi connectivity index (χ3v) is 5.03. The Hall–Kier alpha value is -1.52. The van der Waals surface area contributed by atoms with Crippen molar-refractivity contribution in [2.45, 2.75) is 31.8 Å². The Kier molecular flexibility index (Phi) is 3.80. The van der Waals surface area contributed by atoms with Crippen molar-refractivity contribution in [1.82, 2.24) is 14.8 Å². The number of pyridine rings is 1. The average Bonchev–Trinajstić information content (AvgIpc) is 2.86. The van der Waals surface area contributed by atoms with Crippen LogP contribution in [0.4, 0.5) is 4.39 Å². The molecule has 22 heavy (non-hydrogen) atoms. The Morgan fingerprint density at radius 2 is 2.09 bits per heavy atom. The van der Waals surface area contributed by atoms with Gasteiger partial charge in [0.25, 0.3) is 0 Å². The highest BCUT2D eigenvalue weighted by Gasteiger charge is 2.28. The topological polar surface area (TPSA) is 19.4 Å². The van der Waals surface area contributed by atoms with Crippen molar-refractivity contribution in [2.75, 3.05) is 26.2 Å². The minimum absolute atomic E-state index is 0.159. The minimum atomic E-state index is -0.159. The molecule has 116 valence electrons. The van der Waals surface area contributed by atoms with E-state index in [-0.39, 0.29) is 5.82 Å². The van der Waals surface area contributed by atoms with Gasteiger partial charge >= 0.3 is 0 Å². The molecule has 0 bridgehead atoms. The van der Waals surface area contributed by atoms with Crippen LogP contribution in [0.25, 0.3) is 10.9 Å². The smallest absolute Gasteiger partial charge is 0.124 e. The first-order chi connectivity index (χ1) is 10.8. The summed E-state index contributed by atoms with van der Waals surface area (Å²) in [6, 6.07) is 7.74. The SMILES string of the molecule is Fc1cc(CN2CCCN3CCCC3C2)c2ncccc2c1. The van der Waals surface area contributed by atoms with Crippen LogP contribution in [0.2, 0.25) is 0 Å². The molecule has 0 amide bonds. The number of benzene rings is 1. The fraction of sp³-hybridized carbons (Fsp3) is 0.500.